The minimum Gasteiger partial charge on any atom is -0.367 e. The number of rotatable bonds is 4. The fourth-order valence-electron chi connectivity index (χ4n) is 1.30. The summed E-state index contributed by atoms with van der Waals surface area (Å²) in [5.74, 6) is 2.74. The average Bonchev–Trinajstić information content (AvgIpc) is 2.14. The second kappa shape index (κ2) is 5.31. The lowest BCUT2D eigenvalue weighted by Crippen LogP contribution is -2.25. The lowest BCUT2D eigenvalue weighted by Gasteiger charge is -2.19. The molecule has 2 unspecified atom stereocenters. The monoisotopic (exact) mass is 227 g/mol. The predicted molar refractivity (Wildman–Crippen MR) is 64.5 cm³/mol. The number of alkyl halides is 1. The molecule has 0 fully saturated rings. The minimum absolute atomic E-state index is 0.316. The largest absolute Gasteiger partial charge is 0.367 e. The Morgan fingerprint density at radius 2 is 2.00 bits per heavy atom. The maximum absolute atomic E-state index is 5.80. The van der Waals surface area contributed by atoms with Gasteiger partial charge >= 0.3 is 0 Å². The number of hydrogen-bond acceptors (Lipinski definition) is 3. The molecule has 0 aliphatic heterocycles. The molecule has 84 valence electrons. The molecule has 0 radical (unpaired) electrons. The summed E-state index contributed by atoms with van der Waals surface area (Å²) in [5, 5.41) is 3.34. The van der Waals surface area contributed by atoms with Crippen molar-refractivity contribution in [3.05, 3.63) is 17.6 Å². The molecule has 0 saturated carbocycles. The first-order chi connectivity index (χ1) is 7.02. The number of halogens is 1. The van der Waals surface area contributed by atoms with Crippen LogP contribution in [-0.4, -0.2) is 21.9 Å². The highest BCUT2D eigenvalue weighted by Gasteiger charge is 2.11. The molecule has 15 heavy (non-hydrogen) atoms. The number of hydrogen-bond donors (Lipinski definition) is 1. The molecule has 1 rings (SSSR count). The van der Waals surface area contributed by atoms with E-state index < -0.39 is 0 Å². The molecule has 1 aromatic rings. The molecule has 0 amide bonds. The van der Waals surface area contributed by atoms with Crippen molar-refractivity contribution in [3.8, 4) is 0 Å². The second-order valence-corrected chi connectivity index (χ2v) is 4.31. The molecule has 1 N–H and O–H groups in total. The highest BCUT2D eigenvalue weighted by Crippen LogP contribution is 2.12. The first-order valence-electron chi connectivity index (χ1n) is 5.17. The summed E-state index contributed by atoms with van der Waals surface area (Å²) < 4.78 is 0. The first kappa shape index (κ1) is 12.2. The van der Waals surface area contributed by atoms with Crippen molar-refractivity contribution in [1.29, 1.82) is 0 Å². The Morgan fingerprint density at radius 1 is 1.33 bits per heavy atom. The van der Waals surface area contributed by atoms with E-state index in [0.29, 0.717) is 17.8 Å². The summed E-state index contributed by atoms with van der Waals surface area (Å²) in [6.45, 7) is 8.09. The number of anilines is 1. The number of aromatic nitrogens is 2. The van der Waals surface area contributed by atoms with Crippen LogP contribution in [0.15, 0.2) is 6.07 Å². The van der Waals surface area contributed by atoms with E-state index in [-0.39, 0.29) is 0 Å². The van der Waals surface area contributed by atoms with E-state index in [2.05, 4.69) is 29.1 Å². The van der Waals surface area contributed by atoms with Crippen LogP contribution in [0.2, 0.25) is 0 Å². The Hall–Kier alpha value is -0.830. The summed E-state index contributed by atoms with van der Waals surface area (Å²) >= 11 is 5.80. The van der Waals surface area contributed by atoms with Crippen molar-refractivity contribution < 1.29 is 0 Å². The molecule has 0 aliphatic rings. The smallest absolute Gasteiger partial charge is 0.130 e. The van der Waals surface area contributed by atoms with E-state index in [1.165, 1.54) is 0 Å². The van der Waals surface area contributed by atoms with Gasteiger partial charge in [-0.1, -0.05) is 6.92 Å². The molecule has 3 nitrogen and oxygen atoms in total. The molecule has 4 heteroatoms. The Morgan fingerprint density at radius 3 is 2.53 bits per heavy atom. The van der Waals surface area contributed by atoms with Crippen LogP contribution in [0.3, 0.4) is 0 Å². The van der Waals surface area contributed by atoms with Crippen LogP contribution in [-0.2, 0) is 0 Å². The molecule has 0 bridgehead atoms. The Balaban J connectivity index is 2.72. The van der Waals surface area contributed by atoms with Gasteiger partial charge in [0.25, 0.3) is 0 Å². The number of nitrogens with zero attached hydrogens (tertiary/aromatic N) is 2. The Kier molecular flexibility index (Phi) is 4.33. The molecule has 0 aliphatic carbocycles. The van der Waals surface area contributed by atoms with Gasteiger partial charge in [0.05, 0.1) is 0 Å². The van der Waals surface area contributed by atoms with Gasteiger partial charge in [-0.25, -0.2) is 9.97 Å². The average molecular weight is 228 g/mol. The molecule has 1 heterocycles. The zero-order chi connectivity index (χ0) is 11.4. The summed E-state index contributed by atoms with van der Waals surface area (Å²) in [6.07, 6.45) is 0. The van der Waals surface area contributed by atoms with Crippen molar-refractivity contribution in [3.63, 3.8) is 0 Å². The van der Waals surface area contributed by atoms with E-state index in [4.69, 9.17) is 11.6 Å². The summed E-state index contributed by atoms with van der Waals surface area (Å²) in [6, 6.07) is 2.26. The molecular formula is C11H18ClN3. The number of nitrogens with one attached hydrogen (secondary N) is 1. The molecule has 0 aromatic carbocycles. The number of aryl methyl sites for hydroxylation is 2. The third kappa shape index (κ3) is 3.67. The standard InChI is InChI=1S/C11H18ClN3/c1-7(6-12)9(3)14-11-5-8(2)13-10(4)15-11/h5,7,9H,6H2,1-4H3,(H,13,14,15). The van der Waals surface area contributed by atoms with Gasteiger partial charge < -0.3 is 5.32 Å². The van der Waals surface area contributed by atoms with Crippen molar-refractivity contribution in [2.24, 2.45) is 5.92 Å². The van der Waals surface area contributed by atoms with E-state index in [0.717, 1.165) is 17.3 Å². The maximum Gasteiger partial charge on any atom is 0.130 e. The summed E-state index contributed by atoms with van der Waals surface area (Å²) in [5.41, 5.74) is 0.982. The van der Waals surface area contributed by atoms with Crippen LogP contribution in [0.1, 0.15) is 25.4 Å². The van der Waals surface area contributed by atoms with Crippen LogP contribution in [0, 0.1) is 19.8 Å². The minimum atomic E-state index is 0.316. The Labute approximate surface area is 96.3 Å². The highest BCUT2D eigenvalue weighted by molar-refractivity contribution is 6.18. The van der Waals surface area contributed by atoms with E-state index >= 15 is 0 Å². The van der Waals surface area contributed by atoms with Gasteiger partial charge in [0.2, 0.25) is 0 Å². The summed E-state index contributed by atoms with van der Waals surface area (Å²) in [7, 11) is 0. The van der Waals surface area contributed by atoms with Crippen LogP contribution < -0.4 is 5.32 Å². The third-order valence-electron chi connectivity index (χ3n) is 2.44. The predicted octanol–water partition coefficient (Wildman–Crippen LogP) is 2.77. The van der Waals surface area contributed by atoms with Gasteiger partial charge in [-0.15, -0.1) is 11.6 Å². The molecule has 0 saturated heterocycles. The lowest BCUT2D eigenvalue weighted by molar-refractivity contribution is 0.564. The van der Waals surface area contributed by atoms with Crippen LogP contribution in [0.4, 0.5) is 5.82 Å². The van der Waals surface area contributed by atoms with Gasteiger partial charge in [0.1, 0.15) is 11.6 Å². The fraction of sp³-hybridized carbons (Fsp3) is 0.636. The highest BCUT2D eigenvalue weighted by atomic mass is 35.5. The SMILES string of the molecule is Cc1cc(NC(C)C(C)CCl)nc(C)n1. The zero-order valence-electron chi connectivity index (χ0n) is 9.71. The topological polar surface area (TPSA) is 37.8 Å². The van der Waals surface area contributed by atoms with Crippen LogP contribution >= 0.6 is 11.6 Å². The second-order valence-electron chi connectivity index (χ2n) is 4.01. The summed E-state index contributed by atoms with van der Waals surface area (Å²) in [4.78, 5) is 8.55. The fourth-order valence-corrected chi connectivity index (χ4v) is 1.57. The zero-order valence-corrected chi connectivity index (χ0v) is 10.5. The third-order valence-corrected chi connectivity index (χ3v) is 2.93. The quantitative estimate of drug-likeness (QED) is 0.804. The van der Waals surface area contributed by atoms with Gasteiger partial charge in [0, 0.05) is 23.7 Å². The van der Waals surface area contributed by atoms with Crippen LogP contribution in [0.25, 0.3) is 0 Å². The van der Waals surface area contributed by atoms with Crippen molar-refractivity contribution >= 4 is 17.4 Å². The van der Waals surface area contributed by atoms with Crippen molar-refractivity contribution in [1.82, 2.24) is 9.97 Å². The first-order valence-corrected chi connectivity index (χ1v) is 5.71. The van der Waals surface area contributed by atoms with Crippen LogP contribution in [0.5, 0.6) is 0 Å². The van der Waals surface area contributed by atoms with Gasteiger partial charge in [-0.3, -0.25) is 0 Å². The molecule has 2 atom stereocenters. The van der Waals surface area contributed by atoms with Crippen molar-refractivity contribution in [2.45, 2.75) is 33.7 Å². The van der Waals surface area contributed by atoms with Crippen molar-refractivity contribution in [2.75, 3.05) is 11.2 Å². The van der Waals surface area contributed by atoms with E-state index in [1.54, 1.807) is 0 Å². The molecule has 1 aromatic heterocycles. The van der Waals surface area contributed by atoms with Gasteiger partial charge in [-0.2, -0.15) is 0 Å². The molecular weight excluding hydrogens is 210 g/mol. The maximum atomic E-state index is 5.80. The Bertz CT molecular complexity index is 307. The van der Waals surface area contributed by atoms with Gasteiger partial charge in [-0.05, 0) is 26.7 Å². The molecule has 0 spiro atoms. The van der Waals surface area contributed by atoms with E-state index in [1.807, 2.05) is 19.9 Å². The lowest BCUT2D eigenvalue weighted by atomic mass is 10.1. The van der Waals surface area contributed by atoms with E-state index in [9.17, 15) is 0 Å². The normalized spacial score (nSPS) is 14.7. The van der Waals surface area contributed by atoms with Gasteiger partial charge in [0.15, 0.2) is 0 Å².